The van der Waals surface area contributed by atoms with Gasteiger partial charge in [0.1, 0.15) is 11.5 Å². The van der Waals surface area contributed by atoms with E-state index in [9.17, 15) is 4.79 Å². The molecule has 0 aliphatic heterocycles. The van der Waals surface area contributed by atoms with Crippen LogP contribution in [-0.4, -0.2) is 20.0 Å². The van der Waals surface area contributed by atoms with Crippen molar-refractivity contribution in [2.45, 2.75) is 19.3 Å². The summed E-state index contributed by atoms with van der Waals surface area (Å²) in [6.45, 7) is 0. The van der Waals surface area contributed by atoms with Gasteiger partial charge in [-0.15, -0.1) is 0 Å². The Bertz CT molecular complexity index is 549. The molecule has 20 heavy (non-hydrogen) atoms. The quantitative estimate of drug-likeness (QED) is 0.790. The zero-order valence-corrected chi connectivity index (χ0v) is 12.0. The molecule has 3 aliphatic carbocycles. The molecule has 3 fully saturated rings. The maximum Gasteiger partial charge on any atom is 0.170 e. The van der Waals surface area contributed by atoms with Crippen LogP contribution in [0.4, 0.5) is 0 Å². The fourth-order valence-corrected chi connectivity index (χ4v) is 4.86. The van der Waals surface area contributed by atoms with Crippen LogP contribution < -0.4 is 9.47 Å². The molecule has 4 unspecified atom stereocenters. The molecule has 106 valence electrons. The van der Waals surface area contributed by atoms with Crippen LogP contribution in [0.2, 0.25) is 0 Å². The lowest BCUT2D eigenvalue weighted by Crippen LogP contribution is -2.11. The maximum absolute atomic E-state index is 12.9. The first kappa shape index (κ1) is 12.2. The lowest BCUT2D eigenvalue weighted by Gasteiger charge is -2.12. The maximum atomic E-state index is 12.9. The van der Waals surface area contributed by atoms with Crippen LogP contribution in [-0.2, 0) is 0 Å². The summed E-state index contributed by atoms with van der Waals surface area (Å²) >= 11 is 0. The van der Waals surface area contributed by atoms with Crippen molar-refractivity contribution in [3.05, 3.63) is 23.8 Å². The summed E-state index contributed by atoms with van der Waals surface area (Å²) in [6.07, 6.45) is 4.05. The number of ketones is 1. The van der Waals surface area contributed by atoms with Gasteiger partial charge < -0.3 is 9.47 Å². The average molecular weight is 272 g/mol. The molecule has 0 amide bonds. The predicted molar refractivity (Wildman–Crippen MR) is 75.2 cm³/mol. The molecule has 0 saturated heterocycles. The van der Waals surface area contributed by atoms with E-state index >= 15 is 0 Å². The SMILES string of the molecule is COc1ccc(OC)c(C(=O)C2C3C4CCC(C4)C23)c1. The number of methoxy groups -OCH3 is 2. The average Bonchev–Trinajstić information content (AvgIpc) is 2.93. The molecular formula is C17H20O3. The van der Waals surface area contributed by atoms with Crippen LogP contribution >= 0.6 is 0 Å². The molecule has 1 aromatic carbocycles. The summed E-state index contributed by atoms with van der Waals surface area (Å²) in [5.74, 6) is 4.88. The van der Waals surface area contributed by atoms with Crippen molar-refractivity contribution in [1.29, 1.82) is 0 Å². The summed E-state index contributed by atoms with van der Waals surface area (Å²) in [6, 6.07) is 5.50. The molecule has 0 N–H and O–H groups in total. The van der Waals surface area contributed by atoms with Crippen LogP contribution in [0.25, 0.3) is 0 Å². The van der Waals surface area contributed by atoms with E-state index in [-0.39, 0.29) is 11.7 Å². The lowest BCUT2D eigenvalue weighted by atomic mass is 9.95. The van der Waals surface area contributed by atoms with Crippen LogP contribution in [0.15, 0.2) is 18.2 Å². The van der Waals surface area contributed by atoms with Gasteiger partial charge in [0.2, 0.25) is 0 Å². The van der Waals surface area contributed by atoms with E-state index in [2.05, 4.69) is 0 Å². The van der Waals surface area contributed by atoms with Crippen LogP contribution in [0.3, 0.4) is 0 Å². The Labute approximate surface area is 119 Å². The van der Waals surface area contributed by atoms with E-state index < -0.39 is 0 Å². The Morgan fingerprint density at radius 2 is 1.80 bits per heavy atom. The van der Waals surface area contributed by atoms with Crippen LogP contribution in [0.5, 0.6) is 11.5 Å². The highest BCUT2D eigenvalue weighted by atomic mass is 16.5. The highest BCUT2D eigenvalue weighted by Gasteiger charge is 2.67. The normalized spacial score (nSPS) is 36.6. The molecule has 3 aliphatic rings. The van der Waals surface area contributed by atoms with E-state index in [4.69, 9.17) is 9.47 Å². The highest BCUT2D eigenvalue weighted by molar-refractivity contribution is 6.03. The van der Waals surface area contributed by atoms with Gasteiger partial charge in [0.15, 0.2) is 5.78 Å². The highest BCUT2D eigenvalue weighted by Crippen LogP contribution is 2.70. The standard InChI is InChI=1S/C17H20O3/c1-19-11-5-6-13(20-2)12(8-11)17(18)16-14-9-3-4-10(7-9)15(14)16/h5-6,8-10,14-16H,3-4,7H2,1-2H3. The van der Waals surface area contributed by atoms with Gasteiger partial charge in [0.25, 0.3) is 0 Å². The van der Waals surface area contributed by atoms with Gasteiger partial charge >= 0.3 is 0 Å². The monoisotopic (exact) mass is 272 g/mol. The topological polar surface area (TPSA) is 35.5 Å². The largest absolute Gasteiger partial charge is 0.497 e. The van der Waals surface area contributed by atoms with Gasteiger partial charge in [0, 0.05) is 5.92 Å². The Kier molecular flexibility index (Phi) is 2.60. The number of benzene rings is 1. The number of ether oxygens (including phenoxy) is 2. The summed E-state index contributed by atoms with van der Waals surface area (Å²) in [4.78, 5) is 12.9. The molecule has 0 aromatic heterocycles. The van der Waals surface area contributed by atoms with Crippen molar-refractivity contribution in [2.75, 3.05) is 14.2 Å². The van der Waals surface area contributed by atoms with Crippen molar-refractivity contribution >= 4 is 5.78 Å². The molecule has 0 heterocycles. The number of rotatable bonds is 4. The van der Waals surface area contributed by atoms with Gasteiger partial charge in [-0.3, -0.25) is 4.79 Å². The fraction of sp³-hybridized carbons (Fsp3) is 0.588. The second-order valence-corrected chi connectivity index (χ2v) is 6.44. The van der Waals surface area contributed by atoms with Crippen molar-refractivity contribution < 1.29 is 14.3 Å². The second-order valence-electron chi connectivity index (χ2n) is 6.44. The van der Waals surface area contributed by atoms with Crippen molar-refractivity contribution in [3.63, 3.8) is 0 Å². The Morgan fingerprint density at radius 1 is 1.10 bits per heavy atom. The molecule has 1 aromatic rings. The molecular weight excluding hydrogens is 252 g/mol. The summed E-state index contributed by atoms with van der Waals surface area (Å²) in [5.41, 5.74) is 0.700. The van der Waals surface area contributed by atoms with Crippen LogP contribution in [0, 0.1) is 29.6 Å². The molecule has 3 heteroatoms. The Balaban J connectivity index is 1.63. The molecule has 0 spiro atoms. The van der Waals surface area contributed by atoms with Gasteiger partial charge in [-0.25, -0.2) is 0 Å². The second kappa shape index (κ2) is 4.24. The number of hydrogen-bond donors (Lipinski definition) is 0. The van der Waals surface area contributed by atoms with Gasteiger partial charge in [-0.1, -0.05) is 0 Å². The number of fused-ring (bicyclic) bond motifs is 5. The number of carbonyl (C=O) groups excluding carboxylic acids is 1. The van der Waals surface area contributed by atoms with E-state index in [1.54, 1.807) is 14.2 Å². The van der Waals surface area contributed by atoms with Gasteiger partial charge in [-0.2, -0.15) is 0 Å². The van der Waals surface area contributed by atoms with Gasteiger partial charge in [-0.05, 0) is 61.1 Å². The van der Waals surface area contributed by atoms with E-state index in [1.807, 2.05) is 18.2 Å². The molecule has 3 nitrogen and oxygen atoms in total. The minimum absolute atomic E-state index is 0.252. The molecule has 0 radical (unpaired) electrons. The molecule has 4 atom stereocenters. The smallest absolute Gasteiger partial charge is 0.170 e. The summed E-state index contributed by atoms with van der Waals surface area (Å²) in [7, 11) is 3.25. The zero-order valence-electron chi connectivity index (χ0n) is 12.0. The molecule has 4 rings (SSSR count). The third kappa shape index (κ3) is 1.55. The first-order chi connectivity index (χ1) is 9.74. The summed E-state index contributed by atoms with van der Waals surface area (Å²) < 4.78 is 10.6. The van der Waals surface area contributed by atoms with Gasteiger partial charge in [0.05, 0.1) is 19.8 Å². The van der Waals surface area contributed by atoms with E-state index in [0.717, 1.165) is 17.6 Å². The summed E-state index contributed by atoms with van der Waals surface area (Å²) in [5, 5.41) is 0. The molecule has 3 saturated carbocycles. The predicted octanol–water partition coefficient (Wildman–Crippen LogP) is 3.18. The first-order valence-electron chi connectivity index (χ1n) is 7.51. The third-order valence-electron chi connectivity index (χ3n) is 5.71. The number of hydrogen-bond acceptors (Lipinski definition) is 3. The number of carbonyl (C=O) groups is 1. The fourth-order valence-electron chi connectivity index (χ4n) is 4.86. The minimum Gasteiger partial charge on any atom is -0.497 e. The lowest BCUT2D eigenvalue weighted by molar-refractivity contribution is 0.0941. The Hall–Kier alpha value is -1.51. The zero-order chi connectivity index (χ0) is 13.9. The van der Waals surface area contributed by atoms with E-state index in [1.165, 1.54) is 19.3 Å². The van der Waals surface area contributed by atoms with Crippen LogP contribution in [0.1, 0.15) is 29.6 Å². The minimum atomic E-state index is 0.252. The third-order valence-corrected chi connectivity index (χ3v) is 5.71. The Morgan fingerprint density at radius 3 is 2.40 bits per heavy atom. The van der Waals surface area contributed by atoms with Crippen molar-refractivity contribution in [2.24, 2.45) is 29.6 Å². The van der Waals surface area contributed by atoms with Crippen molar-refractivity contribution in [3.8, 4) is 11.5 Å². The van der Waals surface area contributed by atoms with E-state index in [0.29, 0.717) is 23.1 Å². The van der Waals surface area contributed by atoms with Crippen molar-refractivity contribution in [1.82, 2.24) is 0 Å². The molecule has 2 bridgehead atoms. The first-order valence-corrected chi connectivity index (χ1v) is 7.51. The number of Topliss-reactive ketones (excluding diaryl/α,β-unsaturated/α-hetero) is 1.